The Morgan fingerprint density at radius 2 is 1.93 bits per heavy atom. The largest absolute Gasteiger partial charge is 0.305 e. The zero-order chi connectivity index (χ0) is 11.3. The maximum absolute atomic E-state index is 4.23. The summed E-state index contributed by atoms with van der Waals surface area (Å²) in [5.41, 5.74) is 4.22. The van der Waals surface area contributed by atoms with Gasteiger partial charge < -0.3 is 4.90 Å². The van der Waals surface area contributed by atoms with Crippen LogP contribution in [-0.4, -0.2) is 30.8 Å². The van der Waals surface area contributed by atoms with Crippen LogP contribution in [0.3, 0.4) is 0 Å². The monoisotopic (exact) mass is 223 g/mol. The molecule has 15 heavy (non-hydrogen) atoms. The second-order valence-corrected chi connectivity index (χ2v) is 4.65. The Morgan fingerprint density at radius 1 is 1.20 bits per heavy atom. The molecular formula is C13H21NS. The molecule has 1 aromatic carbocycles. The van der Waals surface area contributed by atoms with Gasteiger partial charge in [0.25, 0.3) is 0 Å². The fourth-order valence-electron chi connectivity index (χ4n) is 1.72. The summed E-state index contributed by atoms with van der Waals surface area (Å²) in [7, 11) is 2.15. The first-order chi connectivity index (χ1) is 7.13. The molecule has 0 heterocycles. The third-order valence-electron chi connectivity index (χ3n) is 2.74. The van der Waals surface area contributed by atoms with Crippen LogP contribution in [0.15, 0.2) is 18.2 Å². The van der Waals surface area contributed by atoms with E-state index in [1.165, 1.54) is 16.7 Å². The van der Waals surface area contributed by atoms with Crippen LogP contribution in [0.5, 0.6) is 0 Å². The highest BCUT2D eigenvalue weighted by Gasteiger charge is 2.01. The first-order valence-electron chi connectivity index (χ1n) is 5.49. The predicted octanol–water partition coefficient (Wildman–Crippen LogP) is 2.71. The van der Waals surface area contributed by atoms with Gasteiger partial charge in [0.05, 0.1) is 0 Å². The van der Waals surface area contributed by atoms with E-state index in [0.29, 0.717) is 0 Å². The van der Waals surface area contributed by atoms with Crippen molar-refractivity contribution in [2.24, 2.45) is 0 Å². The summed E-state index contributed by atoms with van der Waals surface area (Å²) in [6.07, 6.45) is 1.14. The lowest BCUT2D eigenvalue weighted by Crippen LogP contribution is -2.23. The van der Waals surface area contributed by atoms with E-state index in [1.807, 2.05) is 0 Å². The molecule has 1 rings (SSSR count). The van der Waals surface area contributed by atoms with E-state index in [1.54, 1.807) is 0 Å². The molecule has 0 radical (unpaired) electrons. The molecule has 84 valence electrons. The van der Waals surface area contributed by atoms with Crippen molar-refractivity contribution >= 4 is 12.6 Å². The van der Waals surface area contributed by atoms with Crippen LogP contribution in [0.25, 0.3) is 0 Å². The summed E-state index contributed by atoms with van der Waals surface area (Å²) in [4.78, 5) is 2.33. The van der Waals surface area contributed by atoms with Gasteiger partial charge in [-0.3, -0.25) is 0 Å². The molecule has 0 aromatic heterocycles. The van der Waals surface area contributed by atoms with Crippen LogP contribution in [0.2, 0.25) is 0 Å². The molecule has 0 fully saturated rings. The Kier molecular flexibility index (Phi) is 5.20. The third kappa shape index (κ3) is 4.27. The predicted molar refractivity (Wildman–Crippen MR) is 71.0 cm³/mol. The van der Waals surface area contributed by atoms with Gasteiger partial charge in [0.2, 0.25) is 0 Å². The molecule has 0 aliphatic heterocycles. The zero-order valence-electron chi connectivity index (χ0n) is 9.95. The first-order valence-corrected chi connectivity index (χ1v) is 6.12. The van der Waals surface area contributed by atoms with Crippen molar-refractivity contribution in [2.75, 3.05) is 25.9 Å². The van der Waals surface area contributed by atoms with Crippen LogP contribution in [0.4, 0.5) is 0 Å². The van der Waals surface area contributed by atoms with Gasteiger partial charge in [0.15, 0.2) is 0 Å². The smallest absolute Gasteiger partial charge is 0.00669 e. The maximum Gasteiger partial charge on any atom is 0.00669 e. The van der Waals surface area contributed by atoms with Gasteiger partial charge in [-0.05, 0) is 38.4 Å². The average molecular weight is 223 g/mol. The van der Waals surface area contributed by atoms with Crippen LogP contribution in [-0.2, 0) is 6.42 Å². The highest BCUT2D eigenvalue weighted by molar-refractivity contribution is 7.80. The van der Waals surface area contributed by atoms with E-state index in [4.69, 9.17) is 0 Å². The van der Waals surface area contributed by atoms with Crippen molar-refractivity contribution in [2.45, 2.75) is 20.3 Å². The molecule has 0 atom stereocenters. The highest BCUT2D eigenvalue weighted by Crippen LogP contribution is 2.11. The topological polar surface area (TPSA) is 3.24 Å². The van der Waals surface area contributed by atoms with E-state index in [0.717, 1.165) is 25.3 Å². The van der Waals surface area contributed by atoms with Crippen molar-refractivity contribution in [3.8, 4) is 0 Å². The second-order valence-electron chi connectivity index (χ2n) is 4.21. The Morgan fingerprint density at radius 3 is 2.53 bits per heavy atom. The highest BCUT2D eigenvalue weighted by atomic mass is 32.1. The lowest BCUT2D eigenvalue weighted by Gasteiger charge is -2.16. The maximum atomic E-state index is 4.23. The Hall–Kier alpha value is -0.470. The van der Waals surface area contributed by atoms with E-state index < -0.39 is 0 Å². The summed E-state index contributed by atoms with van der Waals surface area (Å²) in [5.74, 6) is 0.934. The van der Waals surface area contributed by atoms with Crippen molar-refractivity contribution in [1.29, 1.82) is 0 Å². The lowest BCUT2D eigenvalue weighted by molar-refractivity contribution is 0.360. The third-order valence-corrected chi connectivity index (χ3v) is 2.94. The Balaban J connectivity index is 2.50. The molecule has 0 N–H and O–H groups in total. The Labute approximate surface area is 98.9 Å². The van der Waals surface area contributed by atoms with Gasteiger partial charge >= 0.3 is 0 Å². The van der Waals surface area contributed by atoms with E-state index in [-0.39, 0.29) is 0 Å². The second kappa shape index (κ2) is 6.19. The number of likely N-dealkylation sites (N-methyl/N-ethyl adjacent to an activating group) is 1. The lowest BCUT2D eigenvalue weighted by atomic mass is 10.0. The number of hydrogen-bond donors (Lipinski definition) is 1. The number of hydrogen-bond acceptors (Lipinski definition) is 2. The molecule has 0 spiro atoms. The van der Waals surface area contributed by atoms with Gasteiger partial charge in [0, 0.05) is 18.8 Å². The first kappa shape index (κ1) is 12.6. The number of benzene rings is 1. The van der Waals surface area contributed by atoms with E-state index in [2.05, 4.69) is 56.6 Å². The van der Waals surface area contributed by atoms with Crippen molar-refractivity contribution in [3.63, 3.8) is 0 Å². The SMILES string of the molecule is Cc1ccc(CCN(C)CCS)c(C)c1. The summed E-state index contributed by atoms with van der Waals surface area (Å²) in [6, 6.07) is 6.70. The molecule has 0 amide bonds. The quantitative estimate of drug-likeness (QED) is 0.751. The van der Waals surface area contributed by atoms with Gasteiger partial charge in [0.1, 0.15) is 0 Å². The average Bonchev–Trinajstić information content (AvgIpc) is 2.17. The molecule has 0 unspecified atom stereocenters. The minimum absolute atomic E-state index is 0.934. The molecule has 0 aliphatic rings. The number of thiol groups is 1. The van der Waals surface area contributed by atoms with Crippen LogP contribution in [0.1, 0.15) is 16.7 Å². The standard InChI is InChI=1S/C13H21NS/c1-11-4-5-13(12(2)10-11)6-7-14(3)8-9-15/h4-5,10,15H,6-9H2,1-3H3. The van der Waals surface area contributed by atoms with Gasteiger partial charge in [-0.25, -0.2) is 0 Å². The van der Waals surface area contributed by atoms with Crippen LogP contribution >= 0.6 is 12.6 Å². The van der Waals surface area contributed by atoms with Crippen LogP contribution < -0.4 is 0 Å². The summed E-state index contributed by atoms with van der Waals surface area (Å²) >= 11 is 4.23. The van der Waals surface area contributed by atoms with E-state index >= 15 is 0 Å². The molecule has 0 bridgehead atoms. The number of rotatable bonds is 5. The number of aryl methyl sites for hydroxylation is 2. The Bertz CT molecular complexity index is 309. The normalized spacial score (nSPS) is 11.0. The molecule has 0 aliphatic carbocycles. The van der Waals surface area contributed by atoms with Crippen LogP contribution in [0, 0.1) is 13.8 Å². The van der Waals surface area contributed by atoms with Gasteiger partial charge in [-0.15, -0.1) is 0 Å². The fraction of sp³-hybridized carbons (Fsp3) is 0.538. The fourth-order valence-corrected chi connectivity index (χ4v) is 2.06. The summed E-state index contributed by atoms with van der Waals surface area (Å²) < 4.78 is 0. The zero-order valence-corrected chi connectivity index (χ0v) is 10.8. The molecule has 1 nitrogen and oxygen atoms in total. The van der Waals surface area contributed by atoms with Gasteiger partial charge in [-0.1, -0.05) is 23.8 Å². The molecule has 1 aromatic rings. The molecule has 0 saturated heterocycles. The summed E-state index contributed by atoms with van der Waals surface area (Å²) in [5, 5.41) is 0. The van der Waals surface area contributed by atoms with E-state index in [9.17, 15) is 0 Å². The minimum Gasteiger partial charge on any atom is -0.305 e. The molecule has 2 heteroatoms. The minimum atomic E-state index is 0.934. The molecular weight excluding hydrogens is 202 g/mol. The summed E-state index contributed by atoms with van der Waals surface area (Å²) in [6.45, 7) is 6.52. The van der Waals surface area contributed by atoms with Crippen molar-refractivity contribution in [1.82, 2.24) is 4.90 Å². The van der Waals surface area contributed by atoms with Crippen molar-refractivity contribution < 1.29 is 0 Å². The van der Waals surface area contributed by atoms with Crippen molar-refractivity contribution in [3.05, 3.63) is 34.9 Å². The number of nitrogens with zero attached hydrogens (tertiary/aromatic N) is 1. The molecule has 0 saturated carbocycles. The van der Waals surface area contributed by atoms with Gasteiger partial charge in [-0.2, -0.15) is 12.6 Å².